The Bertz CT molecular complexity index is 404. The average Bonchev–Trinajstić information content (AvgIpc) is 2.66. The second-order valence-corrected chi connectivity index (χ2v) is 6.92. The Labute approximate surface area is 166 Å². The molecule has 0 fully saturated rings. The summed E-state index contributed by atoms with van der Waals surface area (Å²) in [5.74, 6) is 1.89. The molecule has 27 heavy (non-hydrogen) atoms. The SMILES string of the molecule is C#CCOC(=O)NCCC(=O)OCCCCCCCCCCCCCCC. The molecule has 5 nitrogen and oxygen atoms in total. The Kier molecular flexibility index (Phi) is 19.3. The van der Waals surface area contributed by atoms with Gasteiger partial charge in [-0.05, 0) is 6.42 Å². The van der Waals surface area contributed by atoms with Crippen molar-refractivity contribution in [2.45, 2.75) is 96.8 Å². The number of hydrogen-bond acceptors (Lipinski definition) is 4. The number of unbranched alkanes of at least 4 members (excludes halogenated alkanes) is 12. The first-order valence-electron chi connectivity index (χ1n) is 10.7. The maximum atomic E-state index is 11.5. The third-order valence-corrected chi connectivity index (χ3v) is 4.40. The molecule has 1 amide bonds. The van der Waals surface area contributed by atoms with Crippen molar-refractivity contribution in [1.29, 1.82) is 0 Å². The molecular weight excluding hydrogens is 342 g/mol. The van der Waals surface area contributed by atoms with E-state index in [9.17, 15) is 9.59 Å². The van der Waals surface area contributed by atoms with Gasteiger partial charge in [-0.25, -0.2) is 4.79 Å². The fraction of sp³-hybridized carbons (Fsp3) is 0.818. The summed E-state index contributed by atoms with van der Waals surface area (Å²) >= 11 is 0. The molecule has 0 heterocycles. The highest BCUT2D eigenvalue weighted by Crippen LogP contribution is 2.12. The molecule has 0 radical (unpaired) electrons. The number of terminal acetylenes is 1. The van der Waals surface area contributed by atoms with E-state index in [2.05, 4.69) is 22.9 Å². The first kappa shape index (κ1) is 25.3. The van der Waals surface area contributed by atoms with Gasteiger partial charge in [-0.2, -0.15) is 0 Å². The Morgan fingerprint density at radius 1 is 0.815 bits per heavy atom. The zero-order chi connectivity index (χ0) is 20.0. The van der Waals surface area contributed by atoms with Crippen LogP contribution in [-0.4, -0.2) is 31.8 Å². The molecule has 0 saturated carbocycles. The van der Waals surface area contributed by atoms with Crippen LogP contribution in [0.5, 0.6) is 0 Å². The summed E-state index contributed by atoms with van der Waals surface area (Å²) in [4.78, 5) is 22.6. The van der Waals surface area contributed by atoms with Crippen molar-refractivity contribution in [3.8, 4) is 12.3 Å². The van der Waals surface area contributed by atoms with Gasteiger partial charge >= 0.3 is 12.1 Å². The summed E-state index contributed by atoms with van der Waals surface area (Å²) in [7, 11) is 0. The molecule has 0 rings (SSSR count). The van der Waals surface area contributed by atoms with Gasteiger partial charge < -0.3 is 14.8 Å². The topological polar surface area (TPSA) is 64.6 Å². The molecule has 0 aromatic rings. The van der Waals surface area contributed by atoms with Gasteiger partial charge in [-0.15, -0.1) is 6.42 Å². The van der Waals surface area contributed by atoms with Gasteiger partial charge in [0.15, 0.2) is 6.61 Å². The van der Waals surface area contributed by atoms with E-state index in [1.165, 1.54) is 70.6 Å². The molecule has 0 aromatic carbocycles. The predicted molar refractivity (Wildman–Crippen MR) is 109 cm³/mol. The summed E-state index contributed by atoms with van der Waals surface area (Å²) in [6.45, 7) is 2.83. The van der Waals surface area contributed by atoms with Gasteiger partial charge in [-0.3, -0.25) is 4.79 Å². The predicted octanol–water partition coefficient (Wildman–Crippen LogP) is 5.37. The van der Waals surface area contributed by atoms with Gasteiger partial charge in [0.2, 0.25) is 0 Å². The number of ether oxygens (including phenoxy) is 2. The number of alkyl carbamates (subject to hydrolysis) is 1. The first-order valence-corrected chi connectivity index (χ1v) is 10.7. The van der Waals surface area contributed by atoms with E-state index in [0.29, 0.717) is 6.61 Å². The number of carbonyl (C=O) groups is 2. The molecular formula is C22H39NO4. The molecule has 0 aliphatic carbocycles. The van der Waals surface area contributed by atoms with E-state index in [4.69, 9.17) is 11.2 Å². The number of amides is 1. The Hall–Kier alpha value is -1.70. The van der Waals surface area contributed by atoms with E-state index in [-0.39, 0.29) is 25.5 Å². The van der Waals surface area contributed by atoms with Crippen molar-refractivity contribution < 1.29 is 19.1 Å². The van der Waals surface area contributed by atoms with Crippen molar-refractivity contribution in [2.75, 3.05) is 19.8 Å². The third-order valence-electron chi connectivity index (χ3n) is 4.40. The number of esters is 1. The van der Waals surface area contributed by atoms with Crippen LogP contribution in [0.2, 0.25) is 0 Å². The summed E-state index contributed by atoms with van der Waals surface area (Å²) < 4.78 is 9.76. The molecule has 0 bridgehead atoms. The molecule has 5 heteroatoms. The Balaban J connectivity index is 3.22. The highest BCUT2D eigenvalue weighted by Gasteiger charge is 2.05. The van der Waals surface area contributed by atoms with Crippen LogP contribution in [-0.2, 0) is 14.3 Å². The summed E-state index contributed by atoms with van der Waals surface area (Å²) in [6, 6.07) is 0. The minimum absolute atomic E-state index is 0.0741. The molecule has 0 aliphatic rings. The lowest BCUT2D eigenvalue weighted by atomic mass is 10.0. The lowest BCUT2D eigenvalue weighted by Gasteiger charge is -2.06. The summed E-state index contributed by atoms with van der Waals surface area (Å²) in [6.07, 6.45) is 21.3. The minimum atomic E-state index is -0.614. The van der Waals surface area contributed by atoms with Crippen LogP contribution >= 0.6 is 0 Å². The van der Waals surface area contributed by atoms with E-state index in [1.54, 1.807) is 0 Å². The number of nitrogens with one attached hydrogen (secondary N) is 1. The molecule has 0 saturated heterocycles. The maximum Gasteiger partial charge on any atom is 0.408 e. The van der Waals surface area contributed by atoms with Crippen molar-refractivity contribution in [1.82, 2.24) is 5.32 Å². The largest absolute Gasteiger partial charge is 0.466 e. The lowest BCUT2D eigenvalue weighted by Crippen LogP contribution is -2.27. The highest BCUT2D eigenvalue weighted by molar-refractivity contribution is 5.71. The molecule has 0 atom stereocenters. The van der Waals surface area contributed by atoms with Gasteiger partial charge in [0.1, 0.15) is 0 Å². The second-order valence-electron chi connectivity index (χ2n) is 6.92. The third kappa shape index (κ3) is 20.5. The number of hydrogen-bond donors (Lipinski definition) is 1. The summed E-state index contributed by atoms with van der Waals surface area (Å²) in [5, 5.41) is 2.44. The van der Waals surface area contributed by atoms with Crippen LogP contribution in [0.4, 0.5) is 4.79 Å². The van der Waals surface area contributed by atoms with Crippen molar-refractivity contribution in [3.05, 3.63) is 0 Å². The second kappa shape index (κ2) is 20.6. The normalized spacial score (nSPS) is 10.2. The summed E-state index contributed by atoms with van der Waals surface area (Å²) in [5.41, 5.74) is 0. The van der Waals surface area contributed by atoms with E-state index >= 15 is 0 Å². The van der Waals surface area contributed by atoms with Gasteiger partial charge in [0.05, 0.1) is 13.0 Å². The standard InChI is InChI=1S/C22H39NO4/c1-3-5-6-7-8-9-10-11-12-13-14-15-16-20-26-21(24)17-18-23-22(25)27-19-4-2/h2H,3,5-20H2,1H3,(H,23,25). The van der Waals surface area contributed by atoms with Crippen LogP contribution in [0, 0.1) is 12.3 Å². The van der Waals surface area contributed by atoms with E-state index in [0.717, 1.165) is 12.8 Å². The molecule has 0 aromatic heterocycles. The van der Waals surface area contributed by atoms with Crippen molar-refractivity contribution >= 4 is 12.1 Å². The Morgan fingerprint density at radius 2 is 1.33 bits per heavy atom. The smallest absolute Gasteiger partial charge is 0.408 e. The average molecular weight is 382 g/mol. The zero-order valence-electron chi connectivity index (χ0n) is 17.2. The molecule has 1 N–H and O–H groups in total. The van der Waals surface area contributed by atoms with Crippen molar-refractivity contribution in [3.63, 3.8) is 0 Å². The quantitative estimate of drug-likeness (QED) is 0.197. The van der Waals surface area contributed by atoms with Crippen LogP contribution in [0.25, 0.3) is 0 Å². The maximum absolute atomic E-state index is 11.5. The molecule has 0 spiro atoms. The van der Waals surface area contributed by atoms with Crippen LogP contribution in [0.15, 0.2) is 0 Å². The molecule has 0 aliphatic heterocycles. The number of rotatable bonds is 18. The van der Waals surface area contributed by atoms with Gasteiger partial charge in [0.25, 0.3) is 0 Å². The van der Waals surface area contributed by atoms with Crippen LogP contribution < -0.4 is 5.32 Å². The first-order chi connectivity index (χ1) is 13.2. The van der Waals surface area contributed by atoms with E-state index in [1.807, 2.05) is 0 Å². The van der Waals surface area contributed by atoms with Gasteiger partial charge in [-0.1, -0.05) is 89.9 Å². The lowest BCUT2D eigenvalue weighted by molar-refractivity contribution is -0.143. The number of carbonyl (C=O) groups excluding carboxylic acids is 2. The molecule has 0 unspecified atom stereocenters. The van der Waals surface area contributed by atoms with Crippen LogP contribution in [0.1, 0.15) is 96.8 Å². The van der Waals surface area contributed by atoms with Crippen molar-refractivity contribution in [2.24, 2.45) is 0 Å². The minimum Gasteiger partial charge on any atom is -0.466 e. The van der Waals surface area contributed by atoms with Crippen LogP contribution in [0.3, 0.4) is 0 Å². The monoisotopic (exact) mass is 381 g/mol. The Morgan fingerprint density at radius 3 is 1.85 bits per heavy atom. The fourth-order valence-corrected chi connectivity index (χ4v) is 2.80. The highest BCUT2D eigenvalue weighted by atomic mass is 16.5. The molecule has 156 valence electrons. The fourth-order valence-electron chi connectivity index (χ4n) is 2.80. The van der Waals surface area contributed by atoms with E-state index < -0.39 is 6.09 Å². The zero-order valence-corrected chi connectivity index (χ0v) is 17.2. The van der Waals surface area contributed by atoms with Gasteiger partial charge in [0, 0.05) is 6.54 Å².